The largest absolute Gasteiger partial charge is 0.481 e. The number of likely N-dealkylation sites (N-methyl/N-ethyl adjacent to an activating group) is 1. The van der Waals surface area contributed by atoms with Crippen LogP contribution in [0.3, 0.4) is 0 Å². The van der Waals surface area contributed by atoms with Gasteiger partial charge in [-0.25, -0.2) is 0 Å². The maximum Gasteiger partial charge on any atom is 0.305 e. The molecular formula is C40H75N9O10. The molecule has 0 rings (SSSR count). The highest BCUT2D eigenvalue weighted by molar-refractivity contribution is 5.97. The average Bonchev–Trinajstić information content (AvgIpc) is 3.17. The third-order valence-corrected chi connectivity index (χ3v) is 9.58. The van der Waals surface area contributed by atoms with Crippen LogP contribution in [-0.2, 0) is 33.6 Å². The number of hydrogen-bond acceptors (Lipinski definition) is 10. The average molecular weight is 842 g/mol. The van der Waals surface area contributed by atoms with Crippen LogP contribution in [0.1, 0.15) is 143 Å². The third-order valence-electron chi connectivity index (χ3n) is 9.58. The lowest BCUT2D eigenvalue weighted by molar-refractivity contribution is -0.142. The number of aliphatic carboxylic acids is 1. The molecule has 0 aromatic carbocycles. The van der Waals surface area contributed by atoms with E-state index in [-0.39, 0.29) is 44.1 Å². The van der Waals surface area contributed by atoms with Crippen LogP contribution in [0.4, 0.5) is 0 Å². The molecule has 13 N–H and O–H groups in total. The second-order valence-electron chi connectivity index (χ2n) is 15.5. The molecule has 19 nitrogen and oxygen atoms in total. The van der Waals surface area contributed by atoms with E-state index >= 15 is 0 Å². The van der Waals surface area contributed by atoms with Gasteiger partial charge in [0.2, 0.25) is 35.4 Å². The van der Waals surface area contributed by atoms with Crippen molar-refractivity contribution in [2.45, 2.75) is 180 Å². The standard InChI is InChI=1S/C40H75N9O10/c1-6-7-8-9-10-11-12-13-14-15-16-17-18-21-32(52)45-31(25-50)38(58)49-34(27(4)51)39(59)48-30(24-33(53)54)37(57)46-28(20-19-22-44-40(41)42)36(56)47-29(23-26(2)3)35(55)43-5/h26-31,34,50-51H,6-25H2,1-5H3,(H,43,55)(H,45,52)(H,46,57)(H,47,56)(H,48,59)(H,49,58)(H,53,54)(H4,41,42,44)/t27-,28+,29+,30+,31+,34+/m1/s1. The van der Waals surface area contributed by atoms with Crippen LogP contribution in [0.5, 0.6) is 0 Å². The Hall–Kier alpha value is -4.52. The van der Waals surface area contributed by atoms with Crippen LogP contribution in [0.2, 0.25) is 0 Å². The summed E-state index contributed by atoms with van der Waals surface area (Å²) >= 11 is 0. The number of aliphatic hydroxyl groups excluding tert-OH is 2. The summed E-state index contributed by atoms with van der Waals surface area (Å²) in [6.07, 6.45) is 12.7. The molecule has 0 aromatic rings. The van der Waals surface area contributed by atoms with Gasteiger partial charge in [0.25, 0.3) is 0 Å². The third kappa shape index (κ3) is 26.3. The maximum atomic E-state index is 13.5. The second-order valence-corrected chi connectivity index (χ2v) is 15.5. The van der Waals surface area contributed by atoms with Gasteiger partial charge in [0, 0.05) is 20.0 Å². The van der Waals surface area contributed by atoms with Crippen LogP contribution in [-0.4, -0.2) is 119 Å². The molecule has 0 aliphatic heterocycles. The van der Waals surface area contributed by atoms with Crippen LogP contribution in [0.25, 0.3) is 0 Å². The second kappa shape index (κ2) is 32.3. The Bertz CT molecular complexity index is 1310. The molecule has 0 spiro atoms. The molecular weight excluding hydrogens is 766 g/mol. The molecule has 6 atom stereocenters. The van der Waals surface area contributed by atoms with Crippen molar-refractivity contribution < 1.29 is 48.9 Å². The van der Waals surface area contributed by atoms with E-state index in [1.165, 1.54) is 58.4 Å². The molecule has 0 aliphatic carbocycles. The molecule has 6 amide bonds. The zero-order chi connectivity index (χ0) is 44.8. The highest BCUT2D eigenvalue weighted by Crippen LogP contribution is 2.13. The van der Waals surface area contributed by atoms with Crippen molar-refractivity contribution in [3.63, 3.8) is 0 Å². The van der Waals surface area contributed by atoms with Gasteiger partial charge >= 0.3 is 5.97 Å². The van der Waals surface area contributed by atoms with Crippen molar-refractivity contribution in [2.75, 3.05) is 20.2 Å². The number of nitrogens with zero attached hydrogens (tertiary/aromatic N) is 1. The fourth-order valence-corrected chi connectivity index (χ4v) is 6.26. The summed E-state index contributed by atoms with van der Waals surface area (Å²) in [6.45, 7) is 6.32. The number of unbranched alkanes of at least 4 members (excludes halogenated alkanes) is 12. The number of guanidine groups is 1. The topological polar surface area (TPSA) is 317 Å². The lowest BCUT2D eigenvalue weighted by Crippen LogP contribution is -2.61. The molecule has 0 fully saturated rings. The van der Waals surface area contributed by atoms with E-state index in [1.807, 2.05) is 13.8 Å². The first-order valence-corrected chi connectivity index (χ1v) is 21.3. The van der Waals surface area contributed by atoms with Gasteiger partial charge in [0.1, 0.15) is 30.2 Å². The van der Waals surface area contributed by atoms with E-state index < -0.39 is 90.8 Å². The fourth-order valence-electron chi connectivity index (χ4n) is 6.26. The number of aliphatic imine (C=N–C) groups is 1. The zero-order valence-electron chi connectivity index (χ0n) is 36.0. The number of carbonyl (C=O) groups excluding carboxylic acids is 6. The monoisotopic (exact) mass is 842 g/mol. The maximum absolute atomic E-state index is 13.5. The highest BCUT2D eigenvalue weighted by Gasteiger charge is 2.35. The Morgan fingerprint density at radius 1 is 0.610 bits per heavy atom. The quantitative estimate of drug-likeness (QED) is 0.0241. The summed E-state index contributed by atoms with van der Waals surface area (Å²) in [6, 6.07) is -7.30. The predicted octanol–water partition coefficient (Wildman–Crippen LogP) is 0.585. The Kier molecular flexibility index (Phi) is 29.9. The Balaban J connectivity index is 5.48. The molecule has 340 valence electrons. The molecule has 0 radical (unpaired) electrons. The van der Waals surface area contributed by atoms with Crippen molar-refractivity contribution >= 4 is 47.4 Å². The van der Waals surface area contributed by atoms with Gasteiger partial charge in [-0.2, -0.15) is 0 Å². The van der Waals surface area contributed by atoms with Crippen molar-refractivity contribution in [1.29, 1.82) is 0 Å². The molecule has 0 saturated heterocycles. The van der Waals surface area contributed by atoms with Crippen LogP contribution < -0.4 is 43.4 Å². The number of aliphatic hydroxyl groups is 2. The van der Waals surface area contributed by atoms with Gasteiger partial charge in [0.05, 0.1) is 19.1 Å². The van der Waals surface area contributed by atoms with E-state index in [4.69, 9.17) is 11.5 Å². The minimum absolute atomic E-state index is 0.00266. The van der Waals surface area contributed by atoms with Gasteiger partial charge in [-0.3, -0.25) is 38.6 Å². The zero-order valence-corrected chi connectivity index (χ0v) is 36.0. The van der Waals surface area contributed by atoms with Crippen molar-refractivity contribution in [2.24, 2.45) is 22.4 Å². The van der Waals surface area contributed by atoms with E-state index in [0.717, 1.165) is 32.6 Å². The van der Waals surface area contributed by atoms with Gasteiger partial charge in [-0.05, 0) is 38.5 Å². The van der Waals surface area contributed by atoms with Crippen molar-refractivity contribution in [3.8, 4) is 0 Å². The first-order chi connectivity index (χ1) is 28.0. The lowest BCUT2D eigenvalue weighted by Gasteiger charge is -2.27. The minimum Gasteiger partial charge on any atom is -0.481 e. The lowest BCUT2D eigenvalue weighted by atomic mass is 10.0. The Labute approximate surface area is 349 Å². The number of hydrogen-bond donors (Lipinski definition) is 11. The number of amides is 6. The number of carboxylic acids is 1. The van der Waals surface area contributed by atoms with Gasteiger partial charge in [0.15, 0.2) is 5.96 Å². The van der Waals surface area contributed by atoms with Crippen molar-refractivity contribution in [1.82, 2.24) is 31.9 Å². The molecule has 0 unspecified atom stereocenters. The van der Waals surface area contributed by atoms with E-state index in [9.17, 15) is 48.9 Å². The summed E-state index contributed by atoms with van der Waals surface area (Å²) in [4.78, 5) is 94.1. The van der Waals surface area contributed by atoms with Gasteiger partial charge in [-0.15, -0.1) is 0 Å². The summed E-state index contributed by atoms with van der Waals surface area (Å²) < 4.78 is 0. The molecule has 0 heterocycles. The summed E-state index contributed by atoms with van der Waals surface area (Å²) in [7, 11) is 1.40. The predicted molar refractivity (Wildman–Crippen MR) is 224 cm³/mol. The van der Waals surface area contributed by atoms with Crippen LogP contribution in [0, 0.1) is 5.92 Å². The van der Waals surface area contributed by atoms with Crippen LogP contribution >= 0.6 is 0 Å². The fraction of sp³-hybridized carbons (Fsp3) is 0.800. The Morgan fingerprint density at radius 3 is 1.58 bits per heavy atom. The van der Waals surface area contributed by atoms with Gasteiger partial charge in [-0.1, -0.05) is 97.8 Å². The smallest absolute Gasteiger partial charge is 0.305 e. The molecule has 0 aromatic heterocycles. The summed E-state index contributed by atoms with van der Waals surface area (Å²) in [5, 5.41) is 44.3. The molecule has 0 bridgehead atoms. The molecule has 0 saturated carbocycles. The summed E-state index contributed by atoms with van der Waals surface area (Å²) in [5.74, 6) is -6.67. The van der Waals surface area contributed by atoms with E-state index in [2.05, 4.69) is 43.8 Å². The minimum atomic E-state index is -1.80. The Morgan fingerprint density at radius 2 is 1.10 bits per heavy atom. The molecule has 59 heavy (non-hydrogen) atoms. The van der Waals surface area contributed by atoms with Gasteiger partial charge < -0.3 is 58.7 Å². The van der Waals surface area contributed by atoms with Crippen LogP contribution in [0.15, 0.2) is 4.99 Å². The number of carbonyl (C=O) groups is 7. The first-order valence-electron chi connectivity index (χ1n) is 21.3. The normalized spacial score (nSPS) is 14.1. The highest BCUT2D eigenvalue weighted by atomic mass is 16.4. The summed E-state index contributed by atoms with van der Waals surface area (Å²) in [5.41, 5.74) is 10.8. The number of rotatable bonds is 34. The SMILES string of the molecule is CCCCCCCCCCCCCCCC(=O)N[C@@H](CO)C(=O)N[C@H](C(=O)N[C@@H](CC(=O)O)C(=O)N[C@@H](CCCN=C(N)N)C(=O)N[C@@H](CC(C)C)C(=O)NC)[C@@H](C)O. The van der Waals surface area contributed by atoms with Crippen molar-refractivity contribution in [3.05, 3.63) is 0 Å². The molecule has 19 heteroatoms. The molecule has 0 aliphatic rings. The number of nitrogens with one attached hydrogen (secondary N) is 6. The number of carboxylic acid groups (broad SMARTS) is 1. The van der Waals surface area contributed by atoms with E-state index in [1.54, 1.807) is 0 Å². The van der Waals surface area contributed by atoms with E-state index in [0.29, 0.717) is 6.42 Å². The number of nitrogens with two attached hydrogens (primary N) is 2. The first kappa shape index (κ1) is 54.5.